The third-order valence-corrected chi connectivity index (χ3v) is 2.35. The van der Waals surface area contributed by atoms with Gasteiger partial charge in [0.05, 0.1) is 11.5 Å². The maximum Gasteiger partial charge on any atom is 1.00 e. The largest absolute Gasteiger partial charge is 1.00 e. The van der Waals surface area contributed by atoms with Gasteiger partial charge >= 0.3 is 94.6 Å². The van der Waals surface area contributed by atoms with Crippen LogP contribution >= 0.6 is 0 Å². The fraction of sp³-hybridized carbons (Fsp3) is 0.231. The summed E-state index contributed by atoms with van der Waals surface area (Å²) in [6.45, 7) is 0. The van der Waals surface area contributed by atoms with Gasteiger partial charge in [0, 0.05) is 24.8 Å². The zero-order chi connectivity index (χ0) is 18.0. The van der Waals surface area contributed by atoms with Gasteiger partial charge in [-0.3, -0.25) is 4.89 Å². The maximum atomic E-state index is 10.5. The minimum atomic E-state index is -2.97. The zero-order valence-corrected chi connectivity index (χ0v) is 20.5. The number of hydrogen-bond donors (Lipinski definition) is 2. The van der Waals surface area contributed by atoms with Crippen LogP contribution in [0.1, 0.15) is 23.2 Å². The van der Waals surface area contributed by atoms with E-state index in [9.17, 15) is 34.5 Å². The number of carboxylic acids is 3. The number of rotatable bonds is 6. The van der Waals surface area contributed by atoms with E-state index in [0.29, 0.717) is 5.56 Å². The molecule has 26 heavy (non-hydrogen) atoms. The summed E-state index contributed by atoms with van der Waals surface area (Å²) >= 11 is 0. The molecule has 1 aromatic carbocycles. The Kier molecular flexibility index (Phi) is 22.1. The third kappa shape index (κ3) is 14.1. The number of aliphatic carboxylic acids is 3. The van der Waals surface area contributed by atoms with Gasteiger partial charge in [-0.1, -0.05) is 18.2 Å². The maximum absolute atomic E-state index is 10.5. The molecule has 0 unspecified atom stereocenters. The van der Waals surface area contributed by atoms with Crippen molar-refractivity contribution < 1.29 is 138 Å². The van der Waals surface area contributed by atoms with E-state index in [4.69, 9.17) is 10.4 Å². The van der Waals surface area contributed by atoms with Crippen LogP contribution in [-0.2, 0) is 19.3 Å². The summed E-state index contributed by atoms with van der Waals surface area (Å²) < 4.78 is 0. The molecule has 0 aliphatic carbocycles. The first-order valence-electron chi connectivity index (χ1n) is 5.86. The molecule has 0 bridgehead atoms. The molecular weight excluding hydrogens is 385 g/mol. The van der Waals surface area contributed by atoms with E-state index in [1.165, 1.54) is 0 Å². The topological polar surface area (TPSA) is 187 Å². The quantitative estimate of drug-likeness (QED) is 0.265. The SMILES string of the molecule is O=C(OO)c1ccccc1.O=C([O-])CC(O)(CC(=O)[O-])C(=O)[O-].[Na+].[Na+].[Na+]. The van der Waals surface area contributed by atoms with Crippen molar-refractivity contribution >= 4 is 23.9 Å². The van der Waals surface area contributed by atoms with E-state index in [1.807, 2.05) is 0 Å². The number of carboxylic acid groups (broad SMARTS) is 3. The molecular formula is C13H11Na3O10. The molecule has 0 aliphatic heterocycles. The summed E-state index contributed by atoms with van der Waals surface area (Å²) in [4.78, 5) is 44.0. The van der Waals surface area contributed by atoms with Gasteiger partial charge in [0.1, 0.15) is 5.60 Å². The van der Waals surface area contributed by atoms with E-state index in [-0.39, 0.29) is 88.7 Å². The van der Waals surface area contributed by atoms with Crippen LogP contribution in [-0.4, -0.2) is 39.8 Å². The van der Waals surface area contributed by atoms with Crippen molar-refractivity contribution in [3.63, 3.8) is 0 Å². The van der Waals surface area contributed by atoms with Gasteiger partial charge in [-0.25, -0.2) is 4.79 Å². The Labute approximate surface area is 214 Å². The summed E-state index contributed by atoms with van der Waals surface area (Å²) in [5, 5.41) is 46.9. The van der Waals surface area contributed by atoms with Gasteiger partial charge < -0.3 is 34.8 Å². The molecule has 2 N–H and O–H groups in total. The van der Waals surface area contributed by atoms with Crippen LogP contribution in [0.5, 0.6) is 0 Å². The number of carbonyl (C=O) groups excluding carboxylic acids is 4. The molecule has 0 saturated heterocycles. The second kappa shape index (κ2) is 17.1. The molecule has 0 fully saturated rings. The van der Waals surface area contributed by atoms with Crippen LogP contribution in [0.3, 0.4) is 0 Å². The van der Waals surface area contributed by atoms with Gasteiger partial charge in [-0.15, -0.1) is 0 Å². The first-order chi connectivity index (χ1) is 10.6. The molecule has 126 valence electrons. The summed E-state index contributed by atoms with van der Waals surface area (Å²) in [6, 6.07) is 8.25. The Morgan fingerprint density at radius 3 is 1.54 bits per heavy atom. The minimum absolute atomic E-state index is 0. The summed E-state index contributed by atoms with van der Waals surface area (Å²) in [6.07, 6.45) is -2.72. The van der Waals surface area contributed by atoms with E-state index in [1.54, 1.807) is 30.3 Å². The van der Waals surface area contributed by atoms with Crippen LogP contribution in [0, 0.1) is 0 Å². The van der Waals surface area contributed by atoms with Gasteiger partial charge in [0.2, 0.25) is 0 Å². The van der Waals surface area contributed by atoms with Crippen molar-refractivity contribution in [2.24, 2.45) is 0 Å². The molecule has 10 nitrogen and oxygen atoms in total. The van der Waals surface area contributed by atoms with Crippen LogP contribution in [0.2, 0.25) is 0 Å². The molecule has 0 amide bonds. The Bertz CT molecular complexity index is 563. The first-order valence-corrected chi connectivity index (χ1v) is 5.86. The number of aliphatic hydroxyl groups is 1. The zero-order valence-electron chi connectivity index (χ0n) is 14.5. The number of benzene rings is 1. The molecule has 0 aromatic heterocycles. The van der Waals surface area contributed by atoms with E-state index >= 15 is 0 Å². The van der Waals surface area contributed by atoms with Gasteiger partial charge in [0.15, 0.2) is 0 Å². The average Bonchev–Trinajstić information content (AvgIpc) is 2.46. The smallest absolute Gasteiger partial charge is 0.550 e. The molecule has 0 aliphatic rings. The normalized spacial score (nSPS) is 8.85. The predicted molar refractivity (Wildman–Crippen MR) is 63.7 cm³/mol. The van der Waals surface area contributed by atoms with Crippen molar-refractivity contribution in [1.82, 2.24) is 0 Å². The van der Waals surface area contributed by atoms with Crippen molar-refractivity contribution in [2.75, 3.05) is 0 Å². The molecule has 0 spiro atoms. The Hall–Kier alpha value is 0.0200. The summed E-state index contributed by atoms with van der Waals surface area (Å²) in [5.74, 6) is -6.72. The molecule has 1 aromatic rings. The number of hydrogen-bond acceptors (Lipinski definition) is 10. The molecule has 0 radical (unpaired) electrons. The monoisotopic (exact) mass is 396 g/mol. The fourth-order valence-electron chi connectivity index (χ4n) is 1.31. The second-order valence-electron chi connectivity index (χ2n) is 4.16. The fourth-order valence-corrected chi connectivity index (χ4v) is 1.31. The Morgan fingerprint density at radius 2 is 1.27 bits per heavy atom. The standard InChI is InChI=1S/C7H6O3.C6H8O7.3Na/c8-7(10-9)6-4-2-1-3-5-6;7-3(8)1-6(13,5(11)12)2-4(9)10;;;/h1-5,9H;13H,1-2H2,(H,7,8)(H,9,10)(H,11,12);;;/q;;3*+1/p-3. The van der Waals surface area contributed by atoms with Crippen molar-refractivity contribution in [1.29, 1.82) is 0 Å². The van der Waals surface area contributed by atoms with E-state index in [2.05, 4.69) is 4.89 Å². The third-order valence-electron chi connectivity index (χ3n) is 2.35. The van der Waals surface area contributed by atoms with E-state index in [0.717, 1.165) is 0 Å². The van der Waals surface area contributed by atoms with E-state index < -0.39 is 42.3 Å². The molecule has 0 heterocycles. The van der Waals surface area contributed by atoms with Crippen molar-refractivity contribution in [3.8, 4) is 0 Å². The van der Waals surface area contributed by atoms with Crippen LogP contribution < -0.4 is 104 Å². The van der Waals surface area contributed by atoms with Crippen LogP contribution in [0.15, 0.2) is 30.3 Å². The molecule has 1 rings (SSSR count). The molecule has 0 saturated carbocycles. The summed E-state index contributed by atoms with van der Waals surface area (Å²) in [5.41, 5.74) is -2.64. The minimum Gasteiger partial charge on any atom is -0.550 e. The van der Waals surface area contributed by atoms with Crippen LogP contribution in [0.25, 0.3) is 0 Å². The number of carbonyl (C=O) groups is 4. The van der Waals surface area contributed by atoms with Gasteiger partial charge in [-0.2, -0.15) is 5.26 Å². The van der Waals surface area contributed by atoms with Gasteiger partial charge in [0.25, 0.3) is 0 Å². The Balaban J connectivity index is -0.000000170. The first kappa shape index (κ1) is 33.6. The van der Waals surface area contributed by atoms with Crippen molar-refractivity contribution in [3.05, 3.63) is 35.9 Å². The molecule has 0 atom stereocenters. The van der Waals surface area contributed by atoms with Crippen LogP contribution in [0.4, 0.5) is 0 Å². The van der Waals surface area contributed by atoms with Crippen molar-refractivity contribution in [2.45, 2.75) is 18.4 Å². The average molecular weight is 396 g/mol. The second-order valence-corrected chi connectivity index (χ2v) is 4.16. The summed E-state index contributed by atoms with van der Waals surface area (Å²) in [7, 11) is 0. The Morgan fingerprint density at radius 1 is 0.885 bits per heavy atom. The molecule has 13 heteroatoms. The van der Waals surface area contributed by atoms with Gasteiger partial charge in [-0.05, 0) is 12.1 Å². The predicted octanol–water partition coefficient (Wildman–Crippen LogP) is -12.9.